The highest BCUT2D eigenvalue weighted by molar-refractivity contribution is 5.92. The first-order valence-corrected chi connectivity index (χ1v) is 9.13. The van der Waals surface area contributed by atoms with Crippen LogP contribution in [0.15, 0.2) is 41.2 Å². The van der Waals surface area contributed by atoms with Gasteiger partial charge in [-0.3, -0.25) is 9.78 Å². The fourth-order valence-electron chi connectivity index (χ4n) is 3.44. The van der Waals surface area contributed by atoms with Gasteiger partial charge in [0.05, 0.1) is 11.9 Å². The number of carbonyl (C=O) groups excluding carboxylic acids is 1. The normalized spacial score (nSPS) is 19.6. The number of halogens is 1. The molecule has 3 heterocycles. The van der Waals surface area contributed by atoms with Gasteiger partial charge in [0.1, 0.15) is 11.5 Å². The quantitative estimate of drug-likeness (QED) is 0.693. The number of piperidine rings is 1. The Balaban J connectivity index is 1.55. The summed E-state index contributed by atoms with van der Waals surface area (Å²) in [6.45, 7) is 4.96. The van der Waals surface area contributed by atoms with Crippen LogP contribution in [0.25, 0.3) is 11.5 Å². The van der Waals surface area contributed by atoms with Crippen LogP contribution in [-0.4, -0.2) is 44.0 Å². The molecule has 0 saturated carbocycles. The summed E-state index contributed by atoms with van der Waals surface area (Å²) in [6.07, 6.45) is 4.75. The number of benzene rings is 1. The molecule has 1 aliphatic heterocycles. The molecule has 1 atom stereocenters. The molecule has 1 aromatic carbocycles. The van der Waals surface area contributed by atoms with E-state index in [0.717, 1.165) is 18.5 Å². The lowest BCUT2D eigenvalue weighted by molar-refractivity contribution is 0.0635. The van der Waals surface area contributed by atoms with Gasteiger partial charge in [-0.2, -0.15) is 4.98 Å². The summed E-state index contributed by atoms with van der Waals surface area (Å²) in [7, 11) is 0. The van der Waals surface area contributed by atoms with Gasteiger partial charge in [-0.15, -0.1) is 0 Å². The molecule has 2 aromatic heterocycles. The van der Waals surface area contributed by atoms with Crippen molar-refractivity contribution in [2.45, 2.75) is 32.1 Å². The molecule has 1 aliphatic rings. The number of likely N-dealkylation sites (tertiary alicyclic amines) is 1. The maximum Gasteiger partial charge on any atom is 0.274 e. The van der Waals surface area contributed by atoms with Crippen molar-refractivity contribution < 1.29 is 13.7 Å². The second-order valence-corrected chi connectivity index (χ2v) is 7.36. The predicted molar refractivity (Wildman–Crippen MR) is 99.0 cm³/mol. The Morgan fingerprint density at radius 3 is 2.71 bits per heavy atom. The van der Waals surface area contributed by atoms with Crippen molar-refractivity contribution in [3.05, 3.63) is 59.7 Å². The van der Waals surface area contributed by atoms with Crippen molar-refractivity contribution in [3.63, 3.8) is 0 Å². The first-order valence-electron chi connectivity index (χ1n) is 9.13. The molecule has 1 fully saturated rings. The van der Waals surface area contributed by atoms with Gasteiger partial charge >= 0.3 is 0 Å². The largest absolute Gasteiger partial charge is 0.336 e. The van der Waals surface area contributed by atoms with E-state index in [9.17, 15) is 9.18 Å². The zero-order chi connectivity index (χ0) is 19.7. The molecule has 144 valence electrons. The minimum atomic E-state index is -0.437. The average Bonchev–Trinajstić information content (AvgIpc) is 3.20. The summed E-state index contributed by atoms with van der Waals surface area (Å²) in [5, 5.41) is 4.14. The van der Waals surface area contributed by atoms with Gasteiger partial charge in [0.25, 0.3) is 11.8 Å². The smallest absolute Gasteiger partial charge is 0.274 e. The molecule has 0 N–H and O–H groups in total. The van der Waals surface area contributed by atoms with E-state index in [1.165, 1.54) is 18.3 Å². The molecular weight excluding hydrogens is 361 g/mol. The molecule has 0 bridgehead atoms. The highest BCUT2D eigenvalue weighted by Crippen LogP contribution is 2.33. The van der Waals surface area contributed by atoms with Crippen LogP contribution in [0.5, 0.6) is 0 Å². The zero-order valence-electron chi connectivity index (χ0n) is 15.7. The predicted octanol–water partition coefficient (Wildman–Crippen LogP) is 3.17. The molecule has 8 heteroatoms. The average molecular weight is 381 g/mol. The van der Waals surface area contributed by atoms with Gasteiger partial charge in [-0.05, 0) is 44.0 Å². The fourth-order valence-corrected chi connectivity index (χ4v) is 3.44. The zero-order valence-corrected chi connectivity index (χ0v) is 15.7. The Kier molecular flexibility index (Phi) is 4.62. The summed E-state index contributed by atoms with van der Waals surface area (Å²) in [5.41, 5.74) is 1.31. The van der Waals surface area contributed by atoms with Crippen LogP contribution in [0, 0.1) is 12.7 Å². The van der Waals surface area contributed by atoms with Crippen LogP contribution in [-0.2, 0) is 5.41 Å². The Morgan fingerprint density at radius 1 is 1.21 bits per heavy atom. The number of carbonyl (C=O) groups is 1. The molecule has 1 unspecified atom stereocenters. The fraction of sp³-hybridized carbons (Fsp3) is 0.350. The Morgan fingerprint density at radius 2 is 2.00 bits per heavy atom. The van der Waals surface area contributed by atoms with Crippen molar-refractivity contribution >= 4 is 5.91 Å². The van der Waals surface area contributed by atoms with E-state index in [4.69, 9.17) is 4.52 Å². The summed E-state index contributed by atoms with van der Waals surface area (Å²) in [6, 6.07) is 5.90. The number of aryl methyl sites for hydroxylation is 1. The number of aromatic nitrogens is 4. The van der Waals surface area contributed by atoms with Crippen molar-refractivity contribution in [2.24, 2.45) is 0 Å². The van der Waals surface area contributed by atoms with Crippen LogP contribution < -0.4 is 0 Å². The summed E-state index contributed by atoms with van der Waals surface area (Å²) in [4.78, 5) is 27.4. The maximum absolute atomic E-state index is 13.1. The molecule has 1 amide bonds. The monoisotopic (exact) mass is 381 g/mol. The SMILES string of the molecule is Cc1cnc(C(=O)N2CCCC(C)(c3noc(-c4ccc(F)cc4)n3)C2)cn1. The Hall–Kier alpha value is -3.16. The molecule has 1 saturated heterocycles. The lowest BCUT2D eigenvalue weighted by Crippen LogP contribution is -2.47. The van der Waals surface area contributed by atoms with Crippen LogP contribution in [0.2, 0.25) is 0 Å². The van der Waals surface area contributed by atoms with Crippen LogP contribution >= 0.6 is 0 Å². The first-order chi connectivity index (χ1) is 13.4. The maximum atomic E-state index is 13.1. The molecule has 3 aromatic rings. The number of hydrogen-bond donors (Lipinski definition) is 0. The van der Waals surface area contributed by atoms with Crippen molar-refractivity contribution in [2.75, 3.05) is 13.1 Å². The number of rotatable bonds is 3. The summed E-state index contributed by atoms with van der Waals surface area (Å²) in [5.74, 6) is 0.403. The van der Waals surface area contributed by atoms with E-state index in [2.05, 4.69) is 20.1 Å². The van der Waals surface area contributed by atoms with Gasteiger partial charge in [-0.25, -0.2) is 9.37 Å². The number of hydrogen-bond acceptors (Lipinski definition) is 6. The van der Waals surface area contributed by atoms with Gasteiger partial charge in [0, 0.05) is 30.3 Å². The van der Waals surface area contributed by atoms with Crippen LogP contribution in [0.4, 0.5) is 4.39 Å². The number of amides is 1. The van der Waals surface area contributed by atoms with Crippen LogP contribution in [0.1, 0.15) is 41.8 Å². The summed E-state index contributed by atoms with van der Waals surface area (Å²) < 4.78 is 18.5. The number of nitrogens with zero attached hydrogens (tertiary/aromatic N) is 5. The van der Waals surface area contributed by atoms with E-state index >= 15 is 0 Å². The van der Waals surface area contributed by atoms with Crippen LogP contribution in [0.3, 0.4) is 0 Å². The molecule has 0 spiro atoms. The highest BCUT2D eigenvalue weighted by atomic mass is 19.1. The molecule has 0 radical (unpaired) electrons. The Bertz CT molecular complexity index is 987. The molecule has 0 aliphatic carbocycles. The van der Waals surface area contributed by atoms with E-state index in [1.807, 2.05) is 13.8 Å². The van der Waals surface area contributed by atoms with E-state index < -0.39 is 5.41 Å². The van der Waals surface area contributed by atoms with E-state index in [1.54, 1.807) is 23.2 Å². The van der Waals surface area contributed by atoms with Gasteiger partial charge in [0.2, 0.25) is 0 Å². The molecular formula is C20H20FN5O2. The first kappa shape index (κ1) is 18.2. The van der Waals surface area contributed by atoms with E-state index in [-0.39, 0.29) is 11.7 Å². The second kappa shape index (κ2) is 7.10. The minimum Gasteiger partial charge on any atom is -0.336 e. The highest BCUT2D eigenvalue weighted by Gasteiger charge is 2.39. The summed E-state index contributed by atoms with van der Waals surface area (Å²) >= 11 is 0. The lowest BCUT2D eigenvalue weighted by Gasteiger charge is -2.38. The van der Waals surface area contributed by atoms with Crippen molar-refractivity contribution in [1.29, 1.82) is 0 Å². The van der Waals surface area contributed by atoms with Gasteiger partial charge in [0.15, 0.2) is 5.82 Å². The third-order valence-electron chi connectivity index (χ3n) is 5.04. The third-order valence-corrected chi connectivity index (χ3v) is 5.04. The van der Waals surface area contributed by atoms with Gasteiger partial charge in [-0.1, -0.05) is 12.1 Å². The van der Waals surface area contributed by atoms with Crippen molar-refractivity contribution in [3.8, 4) is 11.5 Å². The minimum absolute atomic E-state index is 0.152. The lowest BCUT2D eigenvalue weighted by atomic mass is 9.81. The third kappa shape index (κ3) is 3.49. The van der Waals surface area contributed by atoms with Gasteiger partial charge < -0.3 is 9.42 Å². The van der Waals surface area contributed by atoms with E-state index in [0.29, 0.717) is 36.1 Å². The van der Waals surface area contributed by atoms with Crippen molar-refractivity contribution in [1.82, 2.24) is 25.0 Å². The molecule has 7 nitrogen and oxygen atoms in total. The Labute approximate surface area is 161 Å². The standard InChI is InChI=1S/C20H20FN5O2/c1-13-10-23-16(11-22-13)18(27)26-9-3-8-20(2,12-26)19-24-17(28-25-19)14-4-6-15(21)7-5-14/h4-7,10-11H,3,8-9,12H2,1-2H3. The second-order valence-electron chi connectivity index (χ2n) is 7.36. The molecule has 4 rings (SSSR count). The molecule has 28 heavy (non-hydrogen) atoms. The topological polar surface area (TPSA) is 85.0 Å².